The fourth-order valence-corrected chi connectivity index (χ4v) is 6.33. The maximum atomic E-state index is 10.1. The highest BCUT2D eigenvalue weighted by atomic mass is 16.5. The van der Waals surface area contributed by atoms with E-state index in [9.17, 15) is 25.2 Å². The Hall–Kier alpha value is -3.85. The van der Waals surface area contributed by atoms with Crippen LogP contribution in [0.15, 0.2) is 82.5 Å². The van der Waals surface area contributed by atoms with Crippen LogP contribution in [0, 0.1) is 5.92 Å². The molecule has 198 valence electrons. The van der Waals surface area contributed by atoms with E-state index in [1.54, 1.807) is 36.4 Å². The molecule has 0 saturated carbocycles. The number of fused-ring (bicyclic) bond motifs is 5. The molecule has 1 aliphatic heterocycles. The standard InChI is InChI=1S/C31H26B2O7/c1-16-23-11-6-19(17-2-7-21(8-3-17)32(35)36)14-26(23)39-31-24(16)12-20-13-25-27(15-34)40-30(29(25)28(20)31)18-4-9-22(10-5-18)33(37)38/h2-11,14,20,34-38H,12-13,15H2,1H3. The van der Waals surface area contributed by atoms with Gasteiger partial charge in [0.25, 0.3) is 0 Å². The first-order valence-electron chi connectivity index (χ1n) is 13.3. The SMILES string of the molecule is CC1=C2CC3Cc4c(CO)oc(-c5ccc(B(O)O)cc5)c4C3=C2Oc2cc(-c3ccc(B(O)O)cc3)ccc21. The lowest BCUT2D eigenvalue weighted by atomic mass is 9.80. The van der Waals surface area contributed by atoms with Crippen LogP contribution < -0.4 is 15.7 Å². The molecule has 1 atom stereocenters. The summed E-state index contributed by atoms with van der Waals surface area (Å²) in [6.07, 6.45) is 1.60. The van der Waals surface area contributed by atoms with Gasteiger partial charge in [-0.2, -0.15) is 0 Å². The Labute approximate surface area is 231 Å². The summed E-state index contributed by atoms with van der Waals surface area (Å²) in [5.41, 5.74) is 9.97. The minimum absolute atomic E-state index is 0.202. The van der Waals surface area contributed by atoms with Crippen molar-refractivity contribution in [1.82, 2.24) is 0 Å². The summed E-state index contributed by atoms with van der Waals surface area (Å²) in [6.45, 7) is 1.93. The van der Waals surface area contributed by atoms with E-state index >= 15 is 0 Å². The summed E-state index contributed by atoms with van der Waals surface area (Å²) in [7, 11) is -3.06. The summed E-state index contributed by atoms with van der Waals surface area (Å²) in [4.78, 5) is 0. The summed E-state index contributed by atoms with van der Waals surface area (Å²) >= 11 is 0. The number of rotatable bonds is 5. The molecule has 7 nitrogen and oxygen atoms in total. The highest BCUT2D eigenvalue weighted by molar-refractivity contribution is 6.59. The first-order chi connectivity index (χ1) is 19.3. The van der Waals surface area contributed by atoms with Gasteiger partial charge in [-0.25, -0.2) is 0 Å². The molecule has 1 aromatic heterocycles. The van der Waals surface area contributed by atoms with Crippen LogP contribution in [-0.4, -0.2) is 39.4 Å². The zero-order valence-electron chi connectivity index (χ0n) is 21.8. The van der Waals surface area contributed by atoms with Crippen LogP contribution in [0.5, 0.6) is 5.75 Å². The molecule has 40 heavy (non-hydrogen) atoms. The molecule has 0 saturated heterocycles. The van der Waals surface area contributed by atoms with E-state index in [0.29, 0.717) is 22.4 Å². The fourth-order valence-electron chi connectivity index (χ4n) is 6.33. The Balaban J connectivity index is 1.33. The number of hydrogen-bond donors (Lipinski definition) is 5. The summed E-state index contributed by atoms with van der Waals surface area (Å²) in [5.74, 6) is 3.02. The molecule has 2 heterocycles. The number of aliphatic hydroxyl groups is 1. The van der Waals surface area contributed by atoms with Gasteiger partial charge in [0.15, 0.2) is 0 Å². The second kappa shape index (κ2) is 9.37. The zero-order chi connectivity index (χ0) is 27.7. The smallest absolute Gasteiger partial charge is 0.458 e. The third kappa shape index (κ3) is 3.82. The number of furan rings is 1. The van der Waals surface area contributed by atoms with Crippen molar-refractivity contribution in [3.8, 4) is 28.2 Å². The van der Waals surface area contributed by atoms with Crippen LogP contribution in [0.1, 0.15) is 35.8 Å². The molecule has 2 aliphatic carbocycles. The molecular weight excluding hydrogens is 506 g/mol. The Morgan fingerprint density at radius 2 is 1.43 bits per heavy atom. The second-order valence-electron chi connectivity index (χ2n) is 10.6. The molecule has 9 heteroatoms. The second-order valence-corrected chi connectivity index (χ2v) is 10.6. The van der Waals surface area contributed by atoms with Crippen molar-refractivity contribution < 1.29 is 34.4 Å². The Bertz CT molecular complexity index is 1710. The minimum Gasteiger partial charge on any atom is -0.458 e. The van der Waals surface area contributed by atoms with Crippen LogP contribution in [0.3, 0.4) is 0 Å². The molecule has 5 N–H and O–H groups in total. The quantitative estimate of drug-likeness (QED) is 0.251. The first kappa shape index (κ1) is 25.1. The fraction of sp³-hybridized carbons (Fsp3) is 0.161. The molecule has 0 amide bonds. The number of ether oxygens (including phenoxy) is 1. The number of hydrogen-bond acceptors (Lipinski definition) is 7. The van der Waals surface area contributed by atoms with Crippen molar-refractivity contribution in [3.05, 3.63) is 101 Å². The maximum Gasteiger partial charge on any atom is 0.488 e. The Morgan fingerprint density at radius 3 is 2.05 bits per heavy atom. The highest BCUT2D eigenvalue weighted by Gasteiger charge is 2.44. The monoisotopic (exact) mass is 532 g/mol. The third-order valence-electron chi connectivity index (χ3n) is 8.40. The minimum atomic E-state index is -1.55. The lowest BCUT2D eigenvalue weighted by molar-refractivity contribution is 0.246. The largest absolute Gasteiger partial charge is 0.488 e. The van der Waals surface area contributed by atoms with E-state index in [1.165, 1.54) is 11.1 Å². The van der Waals surface area contributed by atoms with Crippen LogP contribution in [-0.2, 0) is 13.0 Å². The zero-order valence-corrected chi connectivity index (χ0v) is 21.8. The molecular formula is C31H26B2O7. The highest BCUT2D eigenvalue weighted by Crippen LogP contribution is 2.57. The van der Waals surface area contributed by atoms with Crippen LogP contribution >= 0.6 is 0 Å². The van der Waals surface area contributed by atoms with E-state index in [-0.39, 0.29) is 12.5 Å². The normalized spacial score (nSPS) is 16.9. The van der Waals surface area contributed by atoms with Gasteiger partial charge in [-0.15, -0.1) is 0 Å². The predicted octanol–water partition coefficient (Wildman–Crippen LogP) is 2.62. The van der Waals surface area contributed by atoms with E-state index in [1.807, 2.05) is 18.2 Å². The van der Waals surface area contributed by atoms with Gasteiger partial charge >= 0.3 is 14.2 Å². The van der Waals surface area contributed by atoms with E-state index in [0.717, 1.165) is 63.3 Å². The molecule has 1 unspecified atom stereocenters. The maximum absolute atomic E-state index is 10.1. The van der Waals surface area contributed by atoms with Crippen molar-refractivity contribution >= 4 is 36.3 Å². The lowest BCUT2D eigenvalue weighted by Crippen LogP contribution is -2.29. The molecule has 3 aliphatic rings. The summed E-state index contributed by atoms with van der Waals surface area (Å²) < 4.78 is 12.9. The van der Waals surface area contributed by atoms with Gasteiger partial charge in [-0.1, -0.05) is 60.7 Å². The van der Waals surface area contributed by atoms with Crippen LogP contribution in [0.2, 0.25) is 0 Å². The summed E-state index contributed by atoms with van der Waals surface area (Å²) in [6, 6.07) is 20.2. The average Bonchev–Trinajstić information content (AvgIpc) is 3.62. The number of allylic oxidation sites excluding steroid dienone is 3. The van der Waals surface area contributed by atoms with Crippen molar-refractivity contribution in [3.63, 3.8) is 0 Å². The molecule has 0 fully saturated rings. The molecule has 0 spiro atoms. The number of benzene rings is 3. The van der Waals surface area contributed by atoms with Crippen molar-refractivity contribution in [2.24, 2.45) is 5.92 Å². The molecule has 7 rings (SSSR count). The first-order valence-corrected chi connectivity index (χ1v) is 13.3. The Morgan fingerprint density at radius 1 is 0.800 bits per heavy atom. The van der Waals surface area contributed by atoms with Gasteiger partial charge in [0.05, 0.1) is 0 Å². The van der Waals surface area contributed by atoms with Gasteiger partial charge in [-0.05, 0) is 64.9 Å². The van der Waals surface area contributed by atoms with Crippen molar-refractivity contribution in [1.29, 1.82) is 0 Å². The summed E-state index contributed by atoms with van der Waals surface area (Å²) in [5, 5.41) is 48.0. The van der Waals surface area contributed by atoms with Gasteiger partial charge in [0.2, 0.25) is 0 Å². The average molecular weight is 532 g/mol. The van der Waals surface area contributed by atoms with Gasteiger partial charge in [0.1, 0.15) is 29.6 Å². The molecule has 3 aromatic carbocycles. The van der Waals surface area contributed by atoms with Crippen molar-refractivity contribution in [2.75, 3.05) is 0 Å². The molecule has 4 aromatic rings. The van der Waals surface area contributed by atoms with E-state index in [2.05, 4.69) is 19.1 Å². The molecule has 0 radical (unpaired) electrons. The van der Waals surface area contributed by atoms with E-state index < -0.39 is 14.2 Å². The predicted molar refractivity (Wildman–Crippen MR) is 154 cm³/mol. The van der Waals surface area contributed by atoms with Gasteiger partial charge in [0, 0.05) is 27.8 Å². The Kier molecular flexibility index (Phi) is 5.89. The molecule has 0 bridgehead atoms. The van der Waals surface area contributed by atoms with Crippen molar-refractivity contribution in [2.45, 2.75) is 26.4 Å². The van der Waals surface area contributed by atoms with Gasteiger partial charge < -0.3 is 34.4 Å². The lowest BCUT2D eigenvalue weighted by Gasteiger charge is -2.23. The van der Waals surface area contributed by atoms with Crippen LogP contribution in [0.25, 0.3) is 33.6 Å². The van der Waals surface area contributed by atoms with Crippen LogP contribution in [0.4, 0.5) is 0 Å². The topological polar surface area (TPSA) is 124 Å². The number of aliphatic hydroxyl groups excluding tert-OH is 1. The third-order valence-corrected chi connectivity index (χ3v) is 8.40. The van der Waals surface area contributed by atoms with E-state index in [4.69, 9.17) is 9.15 Å². The van der Waals surface area contributed by atoms with Gasteiger partial charge in [-0.3, -0.25) is 0 Å².